The maximum atomic E-state index is 12.7. The van der Waals surface area contributed by atoms with Crippen molar-refractivity contribution in [2.45, 2.75) is 13.3 Å². The Kier molecular flexibility index (Phi) is 5.04. The standard InChI is InChI=1S/C18H19N3O3S/c1-4-13-16(25-18(20-13)21-9-5-6-10-21)17(22)19-12-7-8-14(23-2)15(11-12)24-3/h5-11H,4H2,1-3H3,(H,19,22). The molecule has 7 heteroatoms. The van der Waals surface area contributed by atoms with Crippen LogP contribution in [0.4, 0.5) is 5.69 Å². The number of carbonyl (C=O) groups is 1. The molecule has 0 aliphatic carbocycles. The molecule has 25 heavy (non-hydrogen) atoms. The van der Waals surface area contributed by atoms with Crippen LogP contribution in [0.15, 0.2) is 42.7 Å². The van der Waals surface area contributed by atoms with Crippen molar-refractivity contribution >= 4 is 22.9 Å². The highest BCUT2D eigenvalue weighted by Crippen LogP contribution is 2.30. The molecule has 0 aliphatic heterocycles. The Morgan fingerprint density at radius 2 is 1.92 bits per heavy atom. The molecule has 0 aliphatic rings. The molecule has 0 atom stereocenters. The lowest BCUT2D eigenvalue weighted by Gasteiger charge is -2.10. The van der Waals surface area contributed by atoms with Gasteiger partial charge in [-0.25, -0.2) is 4.98 Å². The number of methoxy groups -OCH3 is 2. The number of hydrogen-bond donors (Lipinski definition) is 1. The molecular weight excluding hydrogens is 338 g/mol. The third-order valence-corrected chi connectivity index (χ3v) is 4.80. The maximum Gasteiger partial charge on any atom is 0.267 e. The van der Waals surface area contributed by atoms with Crippen molar-refractivity contribution in [1.29, 1.82) is 0 Å². The molecule has 2 heterocycles. The lowest BCUT2D eigenvalue weighted by Crippen LogP contribution is -2.12. The second-order valence-electron chi connectivity index (χ2n) is 5.24. The van der Waals surface area contributed by atoms with Gasteiger partial charge >= 0.3 is 0 Å². The zero-order valence-electron chi connectivity index (χ0n) is 14.3. The van der Waals surface area contributed by atoms with E-state index in [0.717, 1.165) is 10.8 Å². The number of benzene rings is 1. The Morgan fingerprint density at radius 3 is 2.56 bits per heavy atom. The second kappa shape index (κ2) is 7.40. The van der Waals surface area contributed by atoms with E-state index in [4.69, 9.17) is 9.47 Å². The third-order valence-electron chi connectivity index (χ3n) is 3.69. The summed E-state index contributed by atoms with van der Waals surface area (Å²) in [6, 6.07) is 9.12. The zero-order chi connectivity index (χ0) is 17.8. The van der Waals surface area contributed by atoms with E-state index in [-0.39, 0.29) is 5.91 Å². The predicted octanol–water partition coefficient (Wildman–Crippen LogP) is 3.77. The van der Waals surface area contributed by atoms with E-state index in [9.17, 15) is 4.79 Å². The van der Waals surface area contributed by atoms with Crippen LogP contribution >= 0.6 is 11.3 Å². The molecule has 6 nitrogen and oxygen atoms in total. The highest BCUT2D eigenvalue weighted by atomic mass is 32.1. The Balaban J connectivity index is 1.86. The van der Waals surface area contributed by atoms with Gasteiger partial charge in [0.05, 0.1) is 19.9 Å². The van der Waals surface area contributed by atoms with Gasteiger partial charge in [-0.3, -0.25) is 4.79 Å². The van der Waals surface area contributed by atoms with Gasteiger partial charge in [-0.2, -0.15) is 0 Å². The number of anilines is 1. The molecule has 130 valence electrons. The molecule has 0 unspecified atom stereocenters. The maximum absolute atomic E-state index is 12.7. The first-order chi connectivity index (χ1) is 12.2. The summed E-state index contributed by atoms with van der Waals surface area (Å²) in [7, 11) is 3.13. The fourth-order valence-electron chi connectivity index (χ4n) is 2.43. The van der Waals surface area contributed by atoms with Crippen LogP contribution in [-0.2, 0) is 6.42 Å². The average Bonchev–Trinajstić information content (AvgIpc) is 3.30. The number of nitrogens with one attached hydrogen (secondary N) is 1. The number of carbonyl (C=O) groups excluding carboxylic acids is 1. The number of hydrogen-bond acceptors (Lipinski definition) is 5. The first-order valence-electron chi connectivity index (χ1n) is 7.82. The monoisotopic (exact) mass is 357 g/mol. The number of ether oxygens (including phenoxy) is 2. The number of thiazole rings is 1. The summed E-state index contributed by atoms with van der Waals surface area (Å²) in [5.41, 5.74) is 1.42. The lowest BCUT2D eigenvalue weighted by molar-refractivity contribution is 0.102. The van der Waals surface area contributed by atoms with Crippen molar-refractivity contribution in [3.8, 4) is 16.6 Å². The van der Waals surface area contributed by atoms with Crippen LogP contribution in [0.3, 0.4) is 0 Å². The number of aryl methyl sites for hydroxylation is 1. The summed E-state index contributed by atoms with van der Waals surface area (Å²) in [5.74, 6) is 0.996. The van der Waals surface area contributed by atoms with E-state index in [1.54, 1.807) is 32.4 Å². The van der Waals surface area contributed by atoms with Crippen molar-refractivity contribution < 1.29 is 14.3 Å². The third kappa shape index (κ3) is 3.51. The van der Waals surface area contributed by atoms with Crippen LogP contribution in [0, 0.1) is 0 Å². The highest BCUT2D eigenvalue weighted by molar-refractivity contribution is 7.16. The van der Waals surface area contributed by atoms with Gasteiger partial charge in [0.25, 0.3) is 5.91 Å². The van der Waals surface area contributed by atoms with Gasteiger partial charge in [0.15, 0.2) is 16.6 Å². The van der Waals surface area contributed by atoms with E-state index in [1.807, 2.05) is 36.0 Å². The molecule has 0 bridgehead atoms. The zero-order valence-corrected chi connectivity index (χ0v) is 15.1. The SMILES string of the molecule is CCc1nc(-n2cccc2)sc1C(=O)Nc1ccc(OC)c(OC)c1. The summed E-state index contributed by atoms with van der Waals surface area (Å²) in [6.45, 7) is 1.99. The Morgan fingerprint density at radius 1 is 1.20 bits per heavy atom. The first-order valence-corrected chi connectivity index (χ1v) is 8.64. The van der Waals surface area contributed by atoms with Gasteiger partial charge in [-0.1, -0.05) is 18.3 Å². The average molecular weight is 357 g/mol. The van der Waals surface area contributed by atoms with Crippen molar-refractivity contribution in [3.05, 3.63) is 53.3 Å². The quantitative estimate of drug-likeness (QED) is 0.729. The molecule has 3 aromatic rings. The minimum atomic E-state index is -0.181. The summed E-state index contributed by atoms with van der Waals surface area (Å²) in [4.78, 5) is 17.9. The minimum absolute atomic E-state index is 0.181. The molecule has 1 aromatic carbocycles. The normalized spacial score (nSPS) is 10.5. The molecule has 2 aromatic heterocycles. The van der Waals surface area contributed by atoms with Gasteiger partial charge < -0.3 is 19.4 Å². The predicted molar refractivity (Wildman–Crippen MR) is 98.3 cm³/mol. The molecule has 0 saturated carbocycles. The largest absolute Gasteiger partial charge is 0.493 e. The van der Waals surface area contributed by atoms with Crippen LogP contribution in [0.2, 0.25) is 0 Å². The number of amides is 1. The lowest BCUT2D eigenvalue weighted by atomic mass is 10.2. The van der Waals surface area contributed by atoms with Gasteiger partial charge in [0, 0.05) is 24.1 Å². The second-order valence-corrected chi connectivity index (χ2v) is 6.22. The van der Waals surface area contributed by atoms with Gasteiger partial charge in [-0.05, 0) is 30.7 Å². The Labute approximate surface area is 150 Å². The molecule has 0 fully saturated rings. The summed E-state index contributed by atoms with van der Waals surface area (Å²) in [5, 5.41) is 3.68. The molecular formula is C18H19N3O3S. The fraction of sp³-hybridized carbons (Fsp3) is 0.222. The number of aromatic nitrogens is 2. The molecule has 0 spiro atoms. The first kappa shape index (κ1) is 17.0. The molecule has 0 saturated heterocycles. The van der Waals surface area contributed by atoms with Crippen LogP contribution < -0.4 is 14.8 Å². The summed E-state index contributed by atoms with van der Waals surface area (Å²) in [6.07, 6.45) is 4.51. The Bertz CT molecular complexity index is 872. The molecule has 1 N–H and O–H groups in total. The van der Waals surface area contributed by atoms with Crippen LogP contribution in [0.1, 0.15) is 22.3 Å². The van der Waals surface area contributed by atoms with E-state index >= 15 is 0 Å². The number of nitrogens with zero attached hydrogens (tertiary/aromatic N) is 2. The van der Waals surface area contributed by atoms with Crippen molar-refractivity contribution in [1.82, 2.24) is 9.55 Å². The van der Waals surface area contributed by atoms with Gasteiger partial charge in [0.1, 0.15) is 4.88 Å². The van der Waals surface area contributed by atoms with Crippen LogP contribution in [0.5, 0.6) is 11.5 Å². The molecule has 1 amide bonds. The van der Waals surface area contributed by atoms with Gasteiger partial charge in [-0.15, -0.1) is 0 Å². The van der Waals surface area contributed by atoms with E-state index in [0.29, 0.717) is 28.5 Å². The summed E-state index contributed by atoms with van der Waals surface area (Å²) >= 11 is 1.37. The van der Waals surface area contributed by atoms with Crippen molar-refractivity contribution in [2.24, 2.45) is 0 Å². The van der Waals surface area contributed by atoms with E-state index < -0.39 is 0 Å². The van der Waals surface area contributed by atoms with Crippen LogP contribution in [-0.4, -0.2) is 29.7 Å². The fourth-order valence-corrected chi connectivity index (χ4v) is 3.45. The van der Waals surface area contributed by atoms with Crippen molar-refractivity contribution in [3.63, 3.8) is 0 Å². The van der Waals surface area contributed by atoms with E-state index in [1.165, 1.54) is 11.3 Å². The molecule has 3 rings (SSSR count). The minimum Gasteiger partial charge on any atom is -0.493 e. The van der Waals surface area contributed by atoms with E-state index in [2.05, 4.69) is 10.3 Å². The van der Waals surface area contributed by atoms with Crippen LogP contribution in [0.25, 0.3) is 5.13 Å². The van der Waals surface area contributed by atoms with Crippen molar-refractivity contribution in [2.75, 3.05) is 19.5 Å². The smallest absolute Gasteiger partial charge is 0.267 e. The number of rotatable bonds is 6. The highest BCUT2D eigenvalue weighted by Gasteiger charge is 2.18. The summed E-state index contributed by atoms with van der Waals surface area (Å²) < 4.78 is 12.4. The molecule has 0 radical (unpaired) electrons. The Hall–Kier alpha value is -2.80. The topological polar surface area (TPSA) is 65.4 Å². The van der Waals surface area contributed by atoms with Gasteiger partial charge in [0.2, 0.25) is 0 Å².